The van der Waals surface area contributed by atoms with Gasteiger partial charge in [0.2, 0.25) is 6.29 Å². The number of carbonyl (C=O) groups excluding carboxylic acids is 1. The van der Waals surface area contributed by atoms with E-state index in [9.17, 15) is 40.5 Å². The molecule has 0 bridgehead atoms. The fourth-order valence-corrected chi connectivity index (χ4v) is 3.30. The number of phenolic OH excluding ortho intramolecular Hbond substituents is 3. The molecule has 33 heavy (non-hydrogen) atoms. The topological polar surface area (TPSA) is 240 Å². The highest BCUT2D eigenvalue weighted by molar-refractivity contribution is 6.01. The third-order valence-electron chi connectivity index (χ3n) is 5.01. The molecule has 0 aromatic heterocycles. The van der Waals surface area contributed by atoms with Crippen LogP contribution in [-0.2, 0) is 11.2 Å². The summed E-state index contributed by atoms with van der Waals surface area (Å²) in [4.78, 5) is 12.8. The Labute approximate surface area is 188 Å². The average molecular weight is 472 g/mol. The van der Waals surface area contributed by atoms with Crippen molar-refractivity contribution < 1.29 is 61.0 Å². The number of Topliss-reactive ketones (excluding diaryl/α,β-unsaturated/α-hetero) is 1. The van der Waals surface area contributed by atoms with Crippen LogP contribution in [-0.4, -0.2) is 89.8 Å². The second kappa shape index (κ2) is 11.8. The summed E-state index contributed by atoms with van der Waals surface area (Å²) in [5, 5.41) is 68.6. The van der Waals surface area contributed by atoms with Gasteiger partial charge in [-0.3, -0.25) is 4.79 Å². The maximum atomic E-state index is 12.8. The zero-order valence-corrected chi connectivity index (χ0v) is 17.3. The summed E-state index contributed by atoms with van der Waals surface area (Å²) < 4.78 is 10.7. The van der Waals surface area contributed by atoms with E-state index in [1.165, 1.54) is 12.1 Å². The lowest BCUT2D eigenvalue weighted by molar-refractivity contribution is -0.277. The smallest absolute Gasteiger partial charge is 0.229 e. The summed E-state index contributed by atoms with van der Waals surface area (Å²) in [6.45, 7) is -0.672. The fraction of sp³-hybridized carbons (Fsp3) is 0.381. The Balaban J connectivity index is 0.00000272. The number of ketones is 1. The summed E-state index contributed by atoms with van der Waals surface area (Å²) in [5.74, 6) is -1.74. The number of aryl methyl sites for hydroxylation is 1. The molecule has 1 saturated heterocycles. The molecule has 0 spiro atoms. The van der Waals surface area contributed by atoms with Gasteiger partial charge in [-0.15, -0.1) is 0 Å². The summed E-state index contributed by atoms with van der Waals surface area (Å²) in [6.07, 6.45) is -7.61. The second-order valence-electron chi connectivity index (χ2n) is 7.24. The van der Waals surface area contributed by atoms with Crippen molar-refractivity contribution in [1.82, 2.24) is 0 Å². The first kappa shape index (κ1) is 28.1. The predicted molar refractivity (Wildman–Crippen MR) is 112 cm³/mol. The van der Waals surface area contributed by atoms with Crippen LogP contribution in [0.2, 0.25) is 0 Å². The van der Waals surface area contributed by atoms with Gasteiger partial charge in [0.25, 0.3) is 0 Å². The van der Waals surface area contributed by atoms with Gasteiger partial charge in [-0.1, -0.05) is 12.1 Å². The molecule has 3 rings (SSSR count). The number of carbonyl (C=O) groups is 1. The van der Waals surface area contributed by atoms with Gasteiger partial charge in [0.15, 0.2) is 5.78 Å². The van der Waals surface area contributed by atoms with Gasteiger partial charge in [0.05, 0.1) is 6.61 Å². The third kappa shape index (κ3) is 6.30. The molecule has 11 N–H and O–H groups in total. The van der Waals surface area contributed by atoms with Crippen molar-refractivity contribution in [2.24, 2.45) is 0 Å². The lowest BCUT2D eigenvalue weighted by Gasteiger charge is -2.39. The van der Waals surface area contributed by atoms with Gasteiger partial charge in [0, 0.05) is 18.6 Å². The lowest BCUT2D eigenvalue weighted by Crippen LogP contribution is -2.60. The van der Waals surface area contributed by atoms with Crippen molar-refractivity contribution in [3.63, 3.8) is 0 Å². The average Bonchev–Trinajstić information content (AvgIpc) is 2.73. The van der Waals surface area contributed by atoms with Crippen molar-refractivity contribution >= 4 is 5.78 Å². The third-order valence-corrected chi connectivity index (χ3v) is 5.01. The summed E-state index contributed by atoms with van der Waals surface area (Å²) in [5.41, 5.74) is 0.495. The van der Waals surface area contributed by atoms with E-state index < -0.39 is 54.6 Å². The van der Waals surface area contributed by atoms with Gasteiger partial charge in [0.1, 0.15) is 53.0 Å². The molecule has 12 heteroatoms. The van der Waals surface area contributed by atoms with Crippen molar-refractivity contribution in [3.05, 3.63) is 47.5 Å². The van der Waals surface area contributed by atoms with Crippen molar-refractivity contribution in [2.45, 2.75) is 43.5 Å². The highest BCUT2D eigenvalue weighted by atomic mass is 16.7. The minimum Gasteiger partial charge on any atom is -0.508 e. The summed E-state index contributed by atoms with van der Waals surface area (Å²) in [6, 6.07) is 8.23. The van der Waals surface area contributed by atoms with E-state index in [0.717, 1.165) is 17.7 Å². The molecular formula is C21H28O12. The second-order valence-corrected chi connectivity index (χ2v) is 7.24. The number of rotatable bonds is 7. The van der Waals surface area contributed by atoms with E-state index in [-0.39, 0.29) is 34.4 Å². The zero-order chi connectivity index (χ0) is 22.7. The van der Waals surface area contributed by atoms with E-state index in [2.05, 4.69) is 0 Å². The molecule has 12 nitrogen and oxygen atoms in total. The number of benzene rings is 2. The summed E-state index contributed by atoms with van der Waals surface area (Å²) in [7, 11) is 0. The van der Waals surface area contributed by atoms with Gasteiger partial charge in [-0.25, -0.2) is 0 Å². The monoisotopic (exact) mass is 472 g/mol. The molecule has 2 aromatic carbocycles. The normalized spacial score (nSPS) is 24.3. The highest BCUT2D eigenvalue weighted by Gasteiger charge is 2.45. The Morgan fingerprint density at radius 1 is 0.909 bits per heavy atom. The van der Waals surface area contributed by atoms with Crippen molar-refractivity contribution in [1.29, 1.82) is 0 Å². The Bertz CT molecular complexity index is 914. The maximum Gasteiger partial charge on any atom is 0.229 e. The first-order valence-electron chi connectivity index (χ1n) is 9.55. The summed E-state index contributed by atoms with van der Waals surface area (Å²) >= 11 is 0. The van der Waals surface area contributed by atoms with Gasteiger partial charge >= 0.3 is 0 Å². The van der Waals surface area contributed by atoms with E-state index in [1.54, 1.807) is 12.1 Å². The van der Waals surface area contributed by atoms with Crippen LogP contribution >= 0.6 is 0 Å². The van der Waals surface area contributed by atoms with Gasteiger partial charge in [-0.05, 0) is 24.1 Å². The Morgan fingerprint density at radius 3 is 2.15 bits per heavy atom. The van der Waals surface area contributed by atoms with Crippen LogP contribution in [0.1, 0.15) is 22.3 Å². The highest BCUT2D eigenvalue weighted by Crippen LogP contribution is 2.36. The predicted octanol–water partition coefficient (Wildman–Crippen LogP) is -1.85. The Kier molecular flexibility index (Phi) is 10.0. The molecule has 1 aliphatic rings. The minimum atomic E-state index is -1.73. The van der Waals surface area contributed by atoms with Gasteiger partial charge in [-0.2, -0.15) is 0 Å². The largest absolute Gasteiger partial charge is 0.508 e. The van der Waals surface area contributed by atoms with Crippen LogP contribution in [0.25, 0.3) is 0 Å². The Morgan fingerprint density at radius 2 is 1.55 bits per heavy atom. The quantitative estimate of drug-likeness (QED) is 0.222. The molecular weight excluding hydrogens is 444 g/mol. The molecule has 0 radical (unpaired) electrons. The maximum absolute atomic E-state index is 12.8. The van der Waals surface area contributed by atoms with E-state index in [1.807, 2.05) is 0 Å². The van der Waals surface area contributed by atoms with Gasteiger partial charge < -0.3 is 56.2 Å². The Hall–Kier alpha value is -2.97. The molecule has 2 aromatic rings. The number of aromatic hydroxyl groups is 3. The molecule has 184 valence electrons. The van der Waals surface area contributed by atoms with Crippen molar-refractivity contribution in [3.8, 4) is 23.0 Å². The van der Waals surface area contributed by atoms with Crippen LogP contribution in [0.5, 0.6) is 23.0 Å². The lowest BCUT2D eigenvalue weighted by atomic mass is 9.99. The molecule has 1 aliphatic heterocycles. The first-order chi connectivity index (χ1) is 14.7. The zero-order valence-electron chi connectivity index (χ0n) is 17.3. The van der Waals surface area contributed by atoms with E-state index >= 15 is 0 Å². The van der Waals surface area contributed by atoms with Crippen molar-refractivity contribution in [2.75, 3.05) is 6.61 Å². The van der Waals surface area contributed by atoms with Crippen LogP contribution in [0.4, 0.5) is 0 Å². The number of phenols is 3. The number of aliphatic hydroxyl groups excluding tert-OH is 4. The van der Waals surface area contributed by atoms with E-state index in [4.69, 9.17) is 9.47 Å². The number of ether oxygens (including phenoxy) is 2. The molecule has 0 unspecified atom stereocenters. The van der Waals surface area contributed by atoms with Crippen LogP contribution in [0, 0.1) is 0 Å². The number of hydrogen-bond donors (Lipinski definition) is 7. The minimum absolute atomic E-state index is 0. The first-order valence-corrected chi connectivity index (χ1v) is 9.55. The number of hydrogen-bond acceptors (Lipinski definition) is 10. The molecule has 1 heterocycles. The van der Waals surface area contributed by atoms with Crippen LogP contribution < -0.4 is 4.74 Å². The van der Waals surface area contributed by atoms with Crippen LogP contribution in [0.3, 0.4) is 0 Å². The van der Waals surface area contributed by atoms with E-state index in [0.29, 0.717) is 6.42 Å². The molecule has 0 amide bonds. The molecule has 0 aliphatic carbocycles. The molecule has 5 atom stereocenters. The molecule has 0 saturated carbocycles. The van der Waals surface area contributed by atoms with Crippen LogP contribution in [0.15, 0.2) is 36.4 Å². The number of aliphatic hydroxyl groups is 4. The SMILES string of the molecule is O.O.O=C(CCc1ccc(O)cc1)c1c(O)cc(O)cc1O[C@@H]1O[C@H](CO)[C@@H](O)[C@H](O)[C@H]1O. The molecule has 1 fully saturated rings. The fourth-order valence-electron chi connectivity index (χ4n) is 3.30. The standard InChI is InChI=1S/C21H24O10.2H2O/c22-9-16-18(27)19(28)20(29)21(31-16)30-15-8-12(24)7-14(26)17(15)13(25)6-3-10-1-4-11(23)5-2-10;;/h1-2,4-5,7-8,16,18-24,26-29H,3,6,9H2;2*1H2/t16-,18-,19+,20-,21-;;/m1../s1.